The summed E-state index contributed by atoms with van der Waals surface area (Å²) in [7, 11) is 0. The topological polar surface area (TPSA) is 68.3 Å². The van der Waals surface area contributed by atoms with E-state index in [0.29, 0.717) is 43.5 Å². The fourth-order valence-electron chi connectivity index (χ4n) is 3.54. The SMILES string of the molecule is Cc1ccc(-c2nc3ccccc3c(C(=O)OCC(=O)Nc3ccc(Cl)cc3Cl)c2C)cc1. The molecule has 5 nitrogen and oxygen atoms in total. The van der Waals surface area contributed by atoms with Gasteiger partial charge in [-0.15, -0.1) is 0 Å². The van der Waals surface area contributed by atoms with Crippen LogP contribution >= 0.6 is 23.2 Å². The normalized spacial score (nSPS) is 10.8. The summed E-state index contributed by atoms with van der Waals surface area (Å²) >= 11 is 12.0. The predicted octanol–water partition coefficient (Wildman–Crippen LogP) is 6.62. The molecule has 1 heterocycles. The van der Waals surface area contributed by atoms with E-state index in [0.717, 1.165) is 11.1 Å². The van der Waals surface area contributed by atoms with Crippen LogP contribution in [0.4, 0.5) is 5.69 Å². The number of ether oxygens (including phenoxy) is 1. The average Bonchev–Trinajstić information content (AvgIpc) is 2.79. The summed E-state index contributed by atoms with van der Waals surface area (Å²) in [6.07, 6.45) is 0. The number of aromatic nitrogens is 1. The summed E-state index contributed by atoms with van der Waals surface area (Å²) in [6.45, 7) is 3.38. The number of fused-ring (bicyclic) bond motifs is 1. The van der Waals surface area contributed by atoms with Gasteiger partial charge >= 0.3 is 5.97 Å². The van der Waals surface area contributed by atoms with Crippen molar-refractivity contribution in [2.24, 2.45) is 0 Å². The maximum Gasteiger partial charge on any atom is 0.339 e. The molecule has 33 heavy (non-hydrogen) atoms. The number of para-hydroxylation sites is 1. The molecule has 1 aromatic heterocycles. The third-order valence-corrected chi connectivity index (χ3v) is 5.75. The Morgan fingerprint density at radius 2 is 1.70 bits per heavy atom. The first kappa shape index (κ1) is 22.8. The van der Waals surface area contributed by atoms with Crippen LogP contribution in [0.25, 0.3) is 22.2 Å². The summed E-state index contributed by atoms with van der Waals surface area (Å²) in [6, 6.07) is 20.0. The molecule has 0 atom stereocenters. The highest BCUT2D eigenvalue weighted by molar-refractivity contribution is 6.36. The lowest BCUT2D eigenvalue weighted by Gasteiger charge is -2.14. The molecule has 0 saturated heterocycles. The Bertz CT molecular complexity index is 1370. The van der Waals surface area contributed by atoms with E-state index in [1.165, 1.54) is 6.07 Å². The number of aryl methyl sites for hydroxylation is 1. The minimum Gasteiger partial charge on any atom is -0.452 e. The first-order valence-electron chi connectivity index (χ1n) is 10.2. The fourth-order valence-corrected chi connectivity index (χ4v) is 4.00. The first-order valence-corrected chi connectivity index (χ1v) is 11.0. The van der Waals surface area contributed by atoms with E-state index >= 15 is 0 Å². The molecule has 0 bridgehead atoms. The predicted molar refractivity (Wildman–Crippen MR) is 132 cm³/mol. The van der Waals surface area contributed by atoms with Crippen molar-refractivity contribution in [2.75, 3.05) is 11.9 Å². The maximum absolute atomic E-state index is 13.1. The van der Waals surface area contributed by atoms with Gasteiger partial charge < -0.3 is 10.1 Å². The van der Waals surface area contributed by atoms with E-state index in [9.17, 15) is 9.59 Å². The number of benzene rings is 3. The van der Waals surface area contributed by atoms with Crippen molar-refractivity contribution in [1.82, 2.24) is 4.98 Å². The Balaban J connectivity index is 1.61. The minimum atomic E-state index is -0.600. The molecule has 4 aromatic rings. The molecule has 3 aromatic carbocycles. The fraction of sp³-hybridized carbons (Fsp3) is 0.115. The quantitative estimate of drug-likeness (QED) is 0.327. The minimum absolute atomic E-state index is 0.292. The van der Waals surface area contributed by atoms with Gasteiger partial charge in [0.1, 0.15) is 0 Å². The van der Waals surface area contributed by atoms with Crippen molar-refractivity contribution in [2.45, 2.75) is 13.8 Å². The number of esters is 1. The Morgan fingerprint density at radius 1 is 0.970 bits per heavy atom. The van der Waals surface area contributed by atoms with Crippen molar-refractivity contribution < 1.29 is 14.3 Å². The van der Waals surface area contributed by atoms with Crippen LogP contribution in [0.5, 0.6) is 0 Å². The highest BCUT2D eigenvalue weighted by Crippen LogP contribution is 2.30. The van der Waals surface area contributed by atoms with Crippen LogP contribution in [0.1, 0.15) is 21.5 Å². The van der Waals surface area contributed by atoms with E-state index in [2.05, 4.69) is 5.32 Å². The second kappa shape index (κ2) is 9.61. The van der Waals surface area contributed by atoms with Gasteiger partial charge in [0.05, 0.1) is 27.5 Å². The zero-order chi connectivity index (χ0) is 23.5. The van der Waals surface area contributed by atoms with Gasteiger partial charge in [-0.05, 0) is 43.7 Å². The zero-order valence-corrected chi connectivity index (χ0v) is 19.5. The second-order valence-electron chi connectivity index (χ2n) is 7.59. The summed E-state index contributed by atoms with van der Waals surface area (Å²) in [5.41, 5.74) is 4.84. The van der Waals surface area contributed by atoms with Gasteiger partial charge in [-0.25, -0.2) is 9.78 Å². The van der Waals surface area contributed by atoms with Gasteiger partial charge in [-0.2, -0.15) is 0 Å². The number of carbonyl (C=O) groups excluding carboxylic acids is 2. The molecule has 0 saturated carbocycles. The number of anilines is 1. The maximum atomic E-state index is 13.1. The number of nitrogens with zero attached hydrogens (tertiary/aromatic N) is 1. The lowest BCUT2D eigenvalue weighted by molar-refractivity contribution is -0.119. The molecule has 7 heteroatoms. The summed E-state index contributed by atoms with van der Waals surface area (Å²) < 4.78 is 5.38. The molecule has 0 unspecified atom stereocenters. The van der Waals surface area contributed by atoms with Gasteiger partial charge in [0.25, 0.3) is 5.91 Å². The van der Waals surface area contributed by atoms with Gasteiger partial charge in [0, 0.05) is 16.0 Å². The van der Waals surface area contributed by atoms with Crippen LogP contribution in [-0.2, 0) is 9.53 Å². The molecule has 0 aliphatic rings. The number of nitrogens with one attached hydrogen (secondary N) is 1. The molecule has 0 radical (unpaired) electrons. The average molecular weight is 479 g/mol. The highest BCUT2D eigenvalue weighted by Gasteiger charge is 2.21. The molecule has 1 N–H and O–H groups in total. The molecule has 0 spiro atoms. The van der Waals surface area contributed by atoms with Gasteiger partial charge in [-0.3, -0.25) is 4.79 Å². The van der Waals surface area contributed by atoms with Crippen molar-refractivity contribution in [3.63, 3.8) is 0 Å². The number of rotatable bonds is 5. The molecule has 0 fully saturated rings. The van der Waals surface area contributed by atoms with Crippen LogP contribution < -0.4 is 5.32 Å². The van der Waals surface area contributed by atoms with E-state index in [1.54, 1.807) is 12.1 Å². The van der Waals surface area contributed by atoms with Crippen molar-refractivity contribution in [3.8, 4) is 11.3 Å². The van der Waals surface area contributed by atoms with Gasteiger partial charge in [0.15, 0.2) is 6.61 Å². The third-order valence-electron chi connectivity index (χ3n) is 5.20. The molecule has 0 aliphatic carbocycles. The van der Waals surface area contributed by atoms with Crippen LogP contribution in [-0.4, -0.2) is 23.5 Å². The van der Waals surface area contributed by atoms with Gasteiger partial charge in [-0.1, -0.05) is 71.2 Å². The van der Waals surface area contributed by atoms with E-state index in [1.807, 2.05) is 62.4 Å². The van der Waals surface area contributed by atoms with E-state index in [4.69, 9.17) is 32.9 Å². The third kappa shape index (κ3) is 5.00. The molecule has 4 rings (SSSR count). The van der Waals surface area contributed by atoms with Crippen LogP contribution in [0.3, 0.4) is 0 Å². The van der Waals surface area contributed by atoms with Gasteiger partial charge in [0.2, 0.25) is 0 Å². The molecular formula is C26H20Cl2N2O3. The Labute approximate surface area is 201 Å². The number of amides is 1. The van der Waals surface area contributed by atoms with Crippen LogP contribution in [0.2, 0.25) is 10.0 Å². The lowest BCUT2D eigenvalue weighted by Crippen LogP contribution is -2.21. The second-order valence-corrected chi connectivity index (χ2v) is 8.44. The smallest absolute Gasteiger partial charge is 0.339 e. The van der Waals surface area contributed by atoms with Crippen LogP contribution in [0, 0.1) is 13.8 Å². The van der Waals surface area contributed by atoms with Crippen LogP contribution in [0.15, 0.2) is 66.7 Å². The van der Waals surface area contributed by atoms with Crippen molar-refractivity contribution >= 4 is 51.7 Å². The Morgan fingerprint density at radius 3 is 2.42 bits per heavy atom. The largest absolute Gasteiger partial charge is 0.452 e. The zero-order valence-electron chi connectivity index (χ0n) is 18.0. The highest BCUT2D eigenvalue weighted by atomic mass is 35.5. The van der Waals surface area contributed by atoms with E-state index in [-0.39, 0.29) is 0 Å². The molecule has 1 amide bonds. The number of pyridine rings is 1. The Kier molecular flexibility index (Phi) is 6.63. The molecule has 166 valence electrons. The lowest BCUT2D eigenvalue weighted by atomic mass is 9.97. The summed E-state index contributed by atoms with van der Waals surface area (Å²) in [4.78, 5) is 30.2. The standard InChI is InChI=1S/C26H20Cl2N2O3/c1-15-7-9-17(10-8-15)25-16(2)24(19-5-3-4-6-21(19)30-25)26(32)33-14-23(31)29-22-12-11-18(27)13-20(22)28/h3-13H,14H2,1-2H3,(H,29,31). The van der Waals surface area contributed by atoms with Crippen molar-refractivity contribution in [3.05, 3.63) is 93.5 Å². The Hall–Kier alpha value is -3.41. The number of hydrogen-bond acceptors (Lipinski definition) is 4. The molecular weight excluding hydrogens is 459 g/mol. The van der Waals surface area contributed by atoms with Crippen molar-refractivity contribution in [1.29, 1.82) is 0 Å². The molecule has 0 aliphatic heterocycles. The number of halogens is 2. The number of hydrogen-bond donors (Lipinski definition) is 1. The van der Waals surface area contributed by atoms with E-state index < -0.39 is 18.5 Å². The first-order chi connectivity index (χ1) is 15.8. The summed E-state index contributed by atoms with van der Waals surface area (Å²) in [5, 5.41) is 4.03. The summed E-state index contributed by atoms with van der Waals surface area (Å²) in [5.74, 6) is -1.11. The monoisotopic (exact) mass is 478 g/mol. The number of carbonyl (C=O) groups is 2.